The molecule has 1 amide bonds. The van der Waals surface area contributed by atoms with Gasteiger partial charge in [0.05, 0.1) is 5.56 Å². The predicted octanol–water partition coefficient (Wildman–Crippen LogP) is 7.00. The van der Waals surface area contributed by atoms with E-state index in [1.165, 1.54) is 12.1 Å². The summed E-state index contributed by atoms with van der Waals surface area (Å²) < 4.78 is 19.8. The van der Waals surface area contributed by atoms with Gasteiger partial charge in [0.1, 0.15) is 11.5 Å². The average molecular weight is 449 g/mol. The summed E-state index contributed by atoms with van der Waals surface area (Å²) in [6, 6.07) is 20.6. The van der Waals surface area contributed by atoms with E-state index in [2.05, 4.69) is 17.4 Å². The highest BCUT2D eigenvalue weighted by Gasteiger charge is 2.21. The van der Waals surface area contributed by atoms with Gasteiger partial charge >= 0.3 is 0 Å². The highest BCUT2D eigenvalue weighted by Crippen LogP contribution is 2.40. The van der Waals surface area contributed by atoms with Gasteiger partial charge in [-0.15, -0.1) is 0 Å². The summed E-state index contributed by atoms with van der Waals surface area (Å²) in [5.74, 6) is 0.0526. The largest absolute Gasteiger partial charge is 0.355 e. The van der Waals surface area contributed by atoms with Gasteiger partial charge in [0, 0.05) is 28.3 Å². The predicted molar refractivity (Wildman–Crippen MR) is 125 cm³/mol. The maximum absolute atomic E-state index is 14.0. The standard InChI is InChI=1S/C26H22ClFN2O2/c1-2-3-15-29-26(31)19-9-7-17(8-10-19)24-23(20-5-4-6-22(28)16-20)25(32-30-24)18-11-13-21(27)14-12-18/h4-14,16H,2-3,15H2,1H3,(H,29,31). The molecular formula is C26H22ClFN2O2. The van der Waals surface area contributed by atoms with Crippen molar-refractivity contribution in [2.75, 3.05) is 6.54 Å². The van der Waals surface area contributed by atoms with Gasteiger partial charge in [-0.05, 0) is 60.5 Å². The van der Waals surface area contributed by atoms with Gasteiger partial charge in [0.25, 0.3) is 5.91 Å². The van der Waals surface area contributed by atoms with Crippen molar-refractivity contribution in [2.24, 2.45) is 0 Å². The van der Waals surface area contributed by atoms with Crippen LogP contribution >= 0.6 is 11.6 Å². The van der Waals surface area contributed by atoms with E-state index < -0.39 is 0 Å². The highest BCUT2D eigenvalue weighted by molar-refractivity contribution is 6.30. The zero-order chi connectivity index (χ0) is 22.5. The van der Waals surface area contributed by atoms with E-state index in [-0.39, 0.29) is 11.7 Å². The minimum atomic E-state index is -0.351. The van der Waals surface area contributed by atoms with Crippen LogP contribution in [0.5, 0.6) is 0 Å². The van der Waals surface area contributed by atoms with Gasteiger partial charge < -0.3 is 9.84 Å². The first-order chi connectivity index (χ1) is 15.6. The monoisotopic (exact) mass is 448 g/mol. The molecule has 0 spiro atoms. The van der Waals surface area contributed by atoms with E-state index >= 15 is 0 Å². The molecular weight excluding hydrogens is 427 g/mol. The second-order valence-corrected chi connectivity index (χ2v) is 7.88. The number of benzene rings is 3. The fourth-order valence-corrected chi connectivity index (χ4v) is 3.58. The Morgan fingerprint density at radius 1 is 1.00 bits per heavy atom. The Bertz CT molecular complexity index is 1220. The minimum Gasteiger partial charge on any atom is -0.355 e. The molecule has 1 heterocycles. The fourth-order valence-electron chi connectivity index (χ4n) is 3.46. The molecule has 0 aliphatic heterocycles. The molecule has 0 saturated heterocycles. The molecule has 0 aliphatic rings. The van der Waals surface area contributed by atoms with Crippen LogP contribution in [0.4, 0.5) is 4.39 Å². The van der Waals surface area contributed by atoms with E-state index in [0.717, 1.165) is 24.0 Å². The summed E-state index contributed by atoms with van der Waals surface area (Å²) in [4.78, 5) is 12.3. The van der Waals surface area contributed by atoms with Crippen molar-refractivity contribution < 1.29 is 13.7 Å². The first-order valence-corrected chi connectivity index (χ1v) is 10.8. The Morgan fingerprint density at radius 3 is 2.41 bits per heavy atom. The van der Waals surface area contributed by atoms with Gasteiger partial charge in [0.2, 0.25) is 0 Å². The van der Waals surface area contributed by atoms with Crippen molar-refractivity contribution in [1.29, 1.82) is 0 Å². The Balaban J connectivity index is 1.74. The number of carbonyl (C=O) groups excluding carboxylic acids is 1. The molecule has 0 radical (unpaired) electrons. The number of unbranched alkanes of at least 4 members (excludes halogenated alkanes) is 1. The quantitative estimate of drug-likeness (QED) is 0.310. The Labute approximate surface area is 191 Å². The molecule has 4 aromatic rings. The van der Waals surface area contributed by atoms with Gasteiger partial charge in [-0.1, -0.05) is 54.4 Å². The van der Waals surface area contributed by atoms with Crippen LogP contribution < -0.4 is 5.32 Å². The first-order valence-electron chi connectivity index (χ1n) is 10.5. The van der Waals surface area contributed by atoms with Gasteiger partial charge in [-0.25, -0.2) is 4.39 Å². The lowest BCUT2D eigenvalue weighted by Gasteiger charge is -2.07. The van der Waals surface area contributed by atoms with Crippen molar-refractivity contribution in [3.8, 4) is 33.7 Å². The lowest BCUT2D eigenvalue weighted by Crippen LogP contribution is -2.24. The summed E-state index contributed by atoms with van der Waals surface area (Å²) in [5.41, 5.74) is 3.99. The average Bonchev–Trinajstić information content (AvgIpc) is 3.25. The molecule has 0 aliphatic carbocycles. The fraction of sp³-hybridized carbons (Fsp3) is 0.154. The van der Waals surface area contributed by atoms with Crippen LogP contribution in [0.1, 0.15) is 30.1 Å². The third-order valence-corrected chi connectivity index (χ3v) is 5.40. The summed E-state index contributed by atoms with van der Waals surface area (Å²) in [7, 11) is 0. The van der Waals surface area contributed by atoms with Crippen LogP contribution in [0.15, 0.2) is 77.3 Å². The number of nitrogens with zero attached hydrogens (tertiary/aromatic N) is 1. The number of hydrogen-bond donors (Lipinski definition) is 1. The van der Waals surface area contributed by atoms with Crippen molar-refractivity contribution in [2.45, 2.75) is 19.8 Å². The zero-order valence-corrected chi connectivity index (χ0v) is 18.3. The molecule has 0 unspecified atom stereocenters. The number of halogens is 2. The van der Waals surface area contributed by atoms with Crippen LogP contribution in [0, 0.1) is 5.82 Å². The number of nitrogens with one attached hydrogen (secondary N) is 1. The molecule has 0 fully saturated rings. The van der Waals surface area contributed by atoms with Gasteiger partial charge in [0.15, 0.2) is 5.76 Å². The Morgan fingerprint density at radius 2 is 1.72 bits per heavy atom. The molecule has 1 aromatic heterocycles. The third-order valence-electron chi connectivity index (χ3n) is 5.15. The Hall–Kier alpha value is -3.44. The SMILES string of the molecule is CCCCNC(=O)c1ccc(-c2noc(-c3ccc(Cl)cc3)c2-c2cccc(F)c2)cc1. The summed E-state index contributed by atoms with van der Waals surface area (Å²) in [6.45, 7) is 2.72. The number of hydrogen-bond acceptors (Lipinski definition) is 3. The molecule has 0 atom stereocenters. The highest BCUT2D eigenvalue weighted by atomic mass is 35.5. The molecule has 4 rings (SSSR count). The van der Waals surface area contributed by atoms with Crippen LogP contribution in [-0.2, 0) is 0 Å². The van der Waals surface area contributed by atoms with Crippen LogP contribution in [0.2, 0.25) is 5.02 Å². The van der Waals surface area contributed by atoms with Gasteiger partial charge in [-0.2, -0.15) is 0 Å². The van der Waals surface area contributed by atoms with E-state index in [0.29, 0.717) is 39.7 Å². The van der Waals surface area contributed by atoms with E-state index in [9.17, 15) is 9.18 Å². The van der Waals surface area contributed by atoms with E-state index in [1.54, 1.807) is 30.3 Å². The summed E-state index contributed by atoms with van der Waals surface area (Å²) in [5, 5.41) is 7.81. The molecule has 3 aromatic carbocycles. The molecule has 32 heavy (non-hydrogen) atoms. The molecule has 162 valence electrons. The van der Waals surface area contributed by atoms with Crippen LogP contribution in [0.25, 0.3) is 33.7 Å². The summed E-state index contributed by atoms with van der Waals surface area (Å²) >= 11 is 6.03. The number of amides is 1. The molecule has 0 saturated carbocycles. The molecule has 0 bridgehead atoms. The van der Waals surface area contributed by atoms with Crippen molar-refractivity contribution >= 4 is 17.5 Å². The second-order valence-electron chi connectivity index (χ2n) is 7.44. The smallest absolute Gasteiger partial charge is 0.251 e. The third kappa shape index (κ3) is 4.73. The normalized spacial score (nSPS) is 10.8. The minimum absolute atomic E-state index is 0.114. The van der Waals surface area contributed by atoms with E-state index in [1.807, 2.05) is 30.3 Å². The first kappa shape index (κ1) is 21.8. The molecule has 4 nitrogen and oxygen atoms in total. The Kier molecular flexibility index (Phi) is 6.66. The number of rotatable bonds is 7. The number of carbonyl (C=O) groups is 1. The second kappa shape index (κ2) is 9.79. The van der Waals surface area contributed by atoms with Crippen molar-refractivity contribution in [3.05, 3.63) is 89.2 Å². The van der Waals surface area contributed by atoms with E-state index in [4.69, 9.17) is 16.1 Å². The van der Waals surface area contributed by atoms with Crippen LogP contribution in [-0.4, -0.2) is 17.6 Å². The maximum Gasteiger partial charge on any atom is 0.251 e. The lowest BCUT2D eigenvalue weighted by atomic mass is 9.96. The van der Waals surface area contributed by atoms with Crippen molar-refractivity contribution in [3.63, 3.8) is 0 Å². The lowest BCUT2D eigenvalue weighted by molar-refractivity contribution is 0.0953. The molecule has 1 N–H and O–H groups in total. The van der Waals surface area contributed by atoms with Gasteiger partial charge in [-0.3, -0.25) is 4.79 Å². The summed E-state index contributed by atoms with van der Waals surface area (Å²) in [6.07, 6.45) is 1.96. The van der Waals surface area contributed by atoms with Crippen molar-refractivity contribution in [1.82, 2.24) is 10.5 Å². The molecule has 6 heteroatoms. The zero-order valence-electron chi connectivity index (χ0n) is 17.6. The number of aromatic nitrogens is 1. The maximum atomic E-state index is 14.0. The van der Waals surface area contributed by atoms with Crippen LogP contribution in [0.3, 0.4) is 0 Å². The topological polar surface area (TPSA) is 55.1 Å².